The van der Waals surface area contributed by atoms with E-state index in [0.717, 1.165) is 9.13 Å². The third-order valence-electron chi connectivity index (χ3n) is 4.60. The summed E-state index contributed by atoms with van der Waals surface area (Å²) < 4.78 is 5.93. The zero-order chi connectivity index (χ0) is 22.0. The predicted octanol–water partition coefficient (Wildman–Crippen LogP) is 3.24. The SMILES string of the molecule is O=C1NC(=O)c2ccc(I)cc2C1=CNCc1ccc(NC(=O)c2ccco2)c(O)c1. The van der Waals surface area contributed by atoms with E-state index in [-0.39, 0.29) is 17.2 Å². The Labute approximate surface area is 190 Å². The van der Waals surface area contributed by atoms with E-state index in [1.54, 1.807) is 42.6 Å². The molecule has 0 saturated carbocycles. The summed E-state index contributed by atoms with van der Waals surface area (Å²) in [5, 5.41) is 18.2. The topological polar surface area (TPSA) is 121 Å². The highest BCUT2D eigenvalue weighted by molar-refractivity contribution is 14.1. The molecular formula is C22H16IN3O5. The molecule has 0 fully saturated rings. The molecule has 1 aliphatic heterocycles. The van der Waals surface area contributed by atoms with E-state index in [0.29, 0.717) is 23.2 Å². The molecule has 3 amide bonds. The number of imide groups is 1. The van der Waals surface area contributed by atoms with Crippen LogP contribution >= 0.6 is 22.6 Å². The largest absolute Gasteiger partial charge is 0.506 e. The minimum atomic E-state index is -0.481. The third-order valence-corrected chi connectivity index (χ3v) is 5.27. The predicted molar refractivity (Wildman–Crippen MR) is 121 cm³/mol. The quantitative estimate of drug-likeness (QED) is 0.174. The molecule has 0 saturated heterocycles. The van der Waals surface area contributed by atoms with Crippen molar-refractivity contribution in [1.82, 2.24) is 10.6 Å². The van der Waals surface area contributed by atoms with Gasteiger partial charge in [0.2, 0.25) is 0 Å². The molecule has 0 atom stereocenters. The van der Waals surface area contributed by atoms with Gasteiger partial charge < -0.3 is 20.2 Å². The number of anilines is 1. The highest BCUT2D eigenvalue weighted by atomic mass is 127. The van der Waals surface area contributed by atoms with Crippen molar-refractivity contribution >= 4 is 51.6 Å². The number of hydrogen-bond donors (Lipinski definition) is 4. The van der Waals surface area contributed by atoms with Gasteiger partial charge in [0.1, 0.15) is 5.75 Å². The normalized spacial score (nSPS) is 14.2. The van der Waals surface area contributed by atoms with Crippen LogP contribution in [-0.4, -0.2) is 22.8 Å². The summed E-state index contributed by atoms with van der Waals surface area (Å²) in [6.45, 7) is 0.309. The second-order valence-electron chi connectivity index (χ2n) is 6.69. The molecule has 4 rings (SSSR count). The van der Waals surface area contributed by atoms with Crippen molar-refractivity contribution in [3.63, 3.8) is 0 Å². The molecule has 31 heavy (non-hydrogen) atoms. The van der Waals surface area contributed by atoms with Gasteiger partial charge in [-0.25, -0.2) is 0 Å². The van der Waals surface area contributed by atoms with E-state index in [2.05, 4.69) is 38.5 Å². The summed E-state index contributed by atoms with van der Waals surface area (Å²) in [5.41, 5.74) is 2.31. The summed E-state index contributed by atoms with van der Waals surface area (Å²) in [5.74, 6) is -1.35. The molecule has 4 N–H and O–H groups in total. The lowest BCUT2D eigenvalue weighted by Crippen LogP contribution is -2.37. The van der Waals surface area contributed by atoms with Crippen molar-refractivity contribution in [2.75, 3.05) is 5.32 Å². The van der Waals surface area contributed by atoms with Crippen molar-refractivity contribution in [3.8, 4) is 5.75 Å². The van der Waals surface area contributed by atoms with Crippen LogP contribution in [0.3, 0.4) is 0 Å². The summed E-state index contributed by atoms with van der Waals surface area (Å²) in [6.07, 6.45) is 2.93. The molecule has 3 aromatic rings. The van der Waals surface area contributed by atoms with E-state index in [4.69, 9.17) is 4.42 Å². The van der Waals surface area contributed by atoms with E-state index < -0.39 is 17.7 Å². The van der Waals surface area contributed by atoms with Gasteiger partial charge in [0.25, 0.3) is 17.7 Å². The standard InChI is InChI=1S/C22H16IN3O5/c23-13-4-5-14-15(9-13)16(21(29)26-20(14)28)11-24-10-12-3-6-17(18(27)8-12)25-22(30)19-2-1-7-31-19/h1-9,11,24,27H,10H2,(H,25,30)(H,26,28,29). The van der Waals surface area contributed by atoms with E-state index in [1.165, 1.54) is 18.4 Å². The number of carbonyl (C=O) groups is 3. The van der Waals surface area contributed by atoms with Crippen LogP contribution < -0.4 is 16.0 Å². The lowest BCUT2D eigenvalue weighted by atomic mass is 9.95. The second kappa shape index (κ2) is 8.64. The van der Waals surface area contributed by atoms with Crippen LogP contribution in [0.15, 0.2) is 65.4 Å². The van der Waals surface area contributed by atoms with Crippen molar-refractivity contribution in [2.24, 2.45) is 0 Å². The molecule has 0 unspecified atom stereocenters. The minimum absolute atomic E-state index is 0.104. The Kier molecular flexibility index (Phi) is 5.76. The first-order valence-corrected chi connectivity index (χ1v) is 10.3. The third kappa shape index (κ3) is 4.45. The zero-order valence-corrected chi connectivity index (χ0v) is 18.1. The Bertz CT molecular complexity index is 1220. The number of benzene rings is 2. The fourth-order valence-electron chi connectivity index (χ4n) is 3.10. The number of halogens is 1. The van der Waals surface area contributed by atoms with Gasteiger partial charge >= 0.3 is 0 Å². The van der Waals surface area contributed by atoms with E-state index in [1.807, 2.05) is 0 Å². The zero-order valence-electron chi connectivity index (χ0n) is 15.9. The number of carbonyl (C=O) groups excluding carboxylic acids is 3. The van der Waals surface area contributed by atoms with Crippen LogP contribution in [-0.2, 0) is 11.3 Å². The fourth-order valence-corrected chi connectivity index (χ4v) is 3.59. The van der Waals surface area contributed by atoms with Gasteiger partial charge in [0, 0.05) is 27.4 Å². The maximum atomic E-state index is 12.3. The Morgan fingerprint density at radius 3 is 2.68 bits per heavy atom. The molecule has 2 heterocycles. The molecule has 2 aromatic carbocycles. The van der Waals surface area contributed by atoms with Crippen LogP contribution in [0.2, 0.25) is 0 Å². The van der Waals surface area contributed by atoms with Crippen LogP contribution in [0.25, 0.3) is 5.57 Å². The molecule has 1 aromatic heterocycles. The van der Waals surface area contributed by atoms with Gasteiger partial charge in [-0.2, -0.15) is 0 Å². The summed E-state index contributed by atoms with van der Waals surface area (Å²) in [6, 6.07) is 13.2. The molecule has 8 nitrogen and oxygen atoms in total. The number of furan rings is 1. The van der Waals surface area contributed by atoms with Gasteiger partial charge in [-0.15, -0.1) is 0 Å². The average Bonchev–Trinajstić information content (AvgIpc) is 3.27. The number of phenols is 1. The summed E-state index contributed by atoms with van der Waals surface area (Å²) in [7, 11) is 0. The van der Waals surface area contributed by atoms with Crippen molar-refractivity contribution in [2.45, 2.75) is 6.54 Å². The first kappa shape index (κ1) is 20.7. The monoisotopic (exact) mass is 529 g/mol. The highest BCUT2D eigenvalue weighted by Gasteiger charge is 2.27. The molecule has 0 radical (unpaired) electrons. The Morgan fingerprint density at radius 2 is 1.94 bits per heavy atom. The molecule has 1 aliphatic rings. The number of nitrogens with one attached hydrogen (secondary N) is 3. The van der Waals surface area contributed by atoms with Crippen LogP contribution in [0.4, 0.5) is 5.69 Å². The number of rotatable bonds is 5. The van der Waals surface area contributed by atoms with Gasteiger partial charge in [-0.1, -0.05) is 6.07 Å². The lowest BCUT2D eigenvalue weighted by Gasteiger charge is -2.18. The van der Waals surface area contributed by atoms with Gasteiger partial charge in [-0.3, -0.25) is 19.7 Å². The van der Waals surface area contributed by atoms with Gasteiger partial charge in [-0.05, 0) is 70.6 Å². The minimum Gasteiger partial charge on any atom is -0.506 e. The number of fused-ring (bicyclic) bond motifs is 1. The van der Waals surface area contributed by atoms with Crippen LogP contribution in [0.1, 0.15) is 32.0 Å². The molecule has 0 aliphatic carbocycles. The number of phenolic OH excluding ortho intramolecular Hbond substituents is 1. The van der Waals surface area contributed by atoms with Crippen molar-refractivity contribution in [1.29, 1.82) is 0 Å². The van der Waals surface area contributed by atoms with Crippen molar-refractivity contribution in [3.05, 3.63) is 87.0 Å². The average molecular weight is 529 g/mol. The van der Waals surface area contributed by atoms with Gasteiger partial charge in [0.05, 0.1) is 17.5 Å². The molecule has 156 valence electrons. The molecular weight excluding hydrogens is 513 g/mol. The second-order valence-corrected chi connectivity index (χ2v) is 7.94. The maximum absolute atomic E-state index is 12.3. The summed E-state index contributed by atoms with van der Waals surface area (Å²) >= 11 is 2.12. The molecule has 9 heteroatoms. The highest BCUT2D eigenvalue weighted by Crippen LogP contribution is 2.27. The molecule has 0 bridgehead atoms. The Balaban J connectivity index is 1.47. The first-order valence-electron chi connectivity index (χ1n) is 9.18. The van der Waals surface area contributed by atoms with Crippen LogP contribution in [0.5, 0.6) is 5.75 Å². The van der Waals surface area contributed by atoms with Crippen molar-refractivity contribution < 1.29 is 23.9 Å². The van der Waals surface area contributed by atoms with E-state index >= 15 is 0 Å². The summed E-state index contributed by atoms with van der Waals surface area (Å²) in [4.78, 5) is 36.4. The Hall–Kier alpha value is -3.60. The number of aromatic hydroxyl groups is 1. The smallest absolute Gasteiger partial charge is 0.291 e. The number of amides is 3. The van der Waals surface area contributed by atoms with E-state index in [9.17, 15) is 19.5 Å². The van der Waals surface area contributed by atoms with Crippen LogP contribution in [0, 0.1) is 3.57 Å². The fraction of sp³-hybridized carbons (Fsp3) is 0.0455. The molecule has 0 spiro atoms. The van der Waals surface area contributed by atoms with Gasteiger partial charge in [0.15, 0.2) is 5.76 Å². The lowest BCUT2D eigenvalue weighted by molar-refractivity contribution is -0.114. The number of hydrogen-bond acceptors (Lipinski definition) is 6. The first-order chi connectivity index (χ1) is 14.9. The maximum Gasteiger partial charge on any atom is 0.291 e. The Morgan fingerprint density at radius 1 is 1.10 bits per heavy atom.